The summed E-state index contributed by atoms with van der Waals surface area (Å²) in [5.74, 6) is 0.240. The van der Waals surface area contributed by atoms with Gasteiger partial charge in [0, 0.05) is 11.2 Å². The first-order valence-corrected chi connectivity index (χ1v) is 6.57. The predicted molar refractivity (Wildman–Crippen MR) is 76.0 cm³/mol. The minimum atomic E-state index is -0.433. The van der Waals surface area contributed by atoms with Crippen molar-refractivity contribution in [2.45, 2.75) is 13.5 Å². The van der Waals surface area contributed by atoms with Crippen LogP contribution in [0, 0.1) is 0 Å². The predicted octanol–water partition coefficient (Wildman–Crippen LogP) is 3.49. The third-order valence-electron chi connectivity index (χ3n) is 2.51. The Morgan fingerprint density at radius 1 is 1.30 bits per heavy atom. The zero-order valence-electron chi connectivity index (χ0n) is 11.0. The van der Waals surface area contributed by atoms with Crippen molar-refractivity contribution in [3.8, 4) is 5.75 Å². The van der Waals surface area contributed by atoms with Gasteiger partial charge in [0.25, 0.3) is 0 Å². The molecule has 2 aromatic rings. The Hall–Kier alpha value is -2.07. The van der Waals surface area contributed by atoms with E-state index in [1.165, 1.54) is 0 Å². The average Bonchev–Trinajstić information content (AvgIpc) is 2.46. The summed E-state index contributed by atoms with van der Waals surface area (Å²) in [7, 11) is 0. The van der Waals surface area contributed by atoms with Crippen LogP contribution in [0.1, 0.15) is 23.0 Å². The number of pyridine rings is 1. The molecule has 5 heteroatoms. The number of aromatic nitrogens is 1. The normalized spacial score (nSPS) is 10.1. The summed E-state index contributed by atoms with van der Waals surface area (Å²) in [4.78, 5) is 15.5. The molecule has 1 heterocycles. The van der Waals surface area contributed by atoms with Crippen LogP contribution in [0.4, 0.5) is 0 Å². The average molecular weight is 292 g/mol. The number of hydrogen-bond acceptors (Lipinski definition) is 4. The summed E-state index contributed by atoms with van der Waals surface area (Å²) in [6.07, 6.45) is 1.56. The fraction of sp³-hybridized carbons (Fsp3) is 0.200. The largest absolute Gasteiger partial charge is 0.489 e. The van der Waals surface area contributed by atoms with E-state index in [4.69, 9.17) is 21.1 Å². The van der Waals surface area contributed by atoms with Gasteiger partial charge in [-0.25, -0.2) is 9.78 Å². The molecule has 0 aliphatic carbocycles. The number of esters is 1. The fourth-order valence-electron chi connectivity index (χ4n) is 1.60. The molecular formula is C15H14ClNO3. The van der Waals surface area contributed by atoms with Crippen LogP contribution in [0.3, 0.4) is 0 Å². The number of halogens is 1. The maximum absolute atomic E-state index is 11.6. The van der Waals surface area contributed by atoms with Gasteiger partial charge in [-0.3, -0.25) is 0 Å². The van der Waals surface area contributed by atoms with Crippen molar-refractivity contribution >= 4 is 17.6 Å². The van der Waals surface area contributed by atoms with E-state index in [0.29, 0.717) is 24.0 Å². The molecule has 0 saturated carbocycles. The van der Waals surface area contributed by atoms with Gasteiger partial charge in [0.2, 0.25) is 0 Å². The third-order valence-corrected chi connectivity index (χ3v) is 2.75. The van der Waals surface area contributed by atoms with E-state index >= 15 is 0 Å². The van der Waals surface area contributed by atoms with E-state index in [-0.39, 0.29) is 5.69 Å². The van der Waals surface area contributed by atoms with Crippen LogP contribution in [0.5, 0.6) is 5.75 Å². The summed E-state index contributed by atoms with van der Waals surface area (Å²) in [5, 5.41) is 0.615. The molecule has 4 nitrogen and oxygen atoms in total. The van der Waals surface area contributed by atoms with Crippen molar-refractivity contribution < 1.29 is 14.3 Å². The van der Waals surface area contributed by atoms with Gasteiger partial charge in [-0.05, 0) is 42.8 Å². The van der Waals surface area contributed by atoms with Gasteiger partial charge in [0.1, 0.15) is 18.1 Å². The fourth-order valence-corrected chi connectivity index (χ4v) is 1.78. The van der Waals surface area contributed by atoms with E-state index in [0.717, 1.165) is 5.56 Å². The van der Waals surface area contributed by atoms with Gasteiger partial charge in [0.15, 0.2) is 0 Å². The molecule has 104 valence electrons. The lowest BCUT2D eigenvalue weighted by Crippen LogP contribution is -2.08. The lowest BCUT2D eigenvalue weighted by atomic mass is 10.2. The topological polar surface area (TPSA) is 48.4 Å². The van der Waals surface area contributed by atoms with Crippen LogP contribution < -0.4 is 4.74 Å². The molecule has 0 unspecified atom stereocenters. The van der Waals surface area contributed by atoms with Gasteiger partial charge in [0.05, 0.1) is 6.61 Å². The van der Waals surface area contributed by atoms with Crippen molar-refractivity contribution in [1.29, 1.82) is 0 Å². The number of ether oxygens (including phenoxy) is 2. The van der Waals surface area contributed by atoms with Crippen LogP contribution in [0.2, 0.25) is 5.02 Å². The third kappa shape index (κ3) is 3.96. The van der Waals surface area contributed by atoms with E-state index in [1.54, 1.807) is 37.4 Å². The van der Waals surface area contributed by atoms with E-state index in [9.17, 15) is 4.79 Å². The number of carbonyl (C=O) groups excluding carboxylic acids is 1. The molecule has 0 fully saturated rings. The molecule has 0 N–H and O–H groups in total. The maximum Gasteiger partial charge on any atom is 0.356 e. The summed E-state index contributed by atoms with van der Waals surface area (Å²) < 4.78 is 10.5. The first-order chi connectivity index (χ1) is 9.69. The number of benzene rings is 1. The molecule has 2 rings (SSSR count). The Kier molecular flexibility index (Phi) is 4.96. The number of hydrogen-bond donors (Lipinski definition) is 0. The molecule has 1 aromatic heterocycles. The second kappa shape index (κ2) is 6.91. The molecule has 1 aromatic carbocycles. The second-order valence-corrected chi connectivity index (χ2v) is 4.45. The molecule has 0 aliphatic rings. The molecule has 0 bridgehead atoms. The van der Waals surface area contributed by atoms with Crippen molar-refractivity contribution in [2.75, 3.05) is 6.61 Å². The van der Waals surface area contributed by atoms with E-state index in [2.05, 4.69) is 4.98 Å². The highest BCUT2D eigenvalue weighted by molar-refractivity contribution is 6.30. The van der Waals surface area contributed by atoms with E-state index < -0.39 is 5.97 Å². The van der Waals surface area contributed by atoms with Gasteiger partial charge < -0.3 is 9.47 Å². The SMILES string of the molecule is CCOC(=O)c1cc(COc2cccc(Cl)c2)ccn1. The van der Waals surface area contributed by atoms with Crippen LogP contribution in [-0.4, -0.2) is 17.6 Å². The van der Waals surface area contributed by atoms with Crippen molar-refractivity contribution in [1.82, 2.24) is 4.98 Å². The molecule has 0 radical (unpaired) electrons. The lowest BCUT2D eigenvalue weighted by molar-refractivity contribution is 0.0519. The number of nitrogens with zero attached hydrogens (tertiary/aromatic N) is 1. The van der Waals surface area contributed by atoms with Crippen LogP contribution >= 0.6 is 11.6 Å². The zero-order chi connectivity index (χ0) is 14.4. The smallest absolute Gasteiger partial charge is 0.356 e. The maximum atomic E-state index is 11.6. The molecule has 0 spiro atoms. The van der Waals surface area contributed by atoms with Gasteiger partial charge in [-0.1, -0.05) is 17.7 Å². The summed E-state index contributed by atoms with van der Waals surface area (Å²) in [5.41, 5.74) is 1.11. The van der Waals surface area contributed by atoms with Crippen molar-refractivity contribution in [3.05, 3.63) is 58.9 Å². The van der Waals surface area contributed by atoms with E-state index in [1.807, 2.05) is 12.1 Å². The quantitative estimate of drug-likeness (QED) is 0.791. The number of rotatable bonds is 5. The first-order valence-electron chi connectivity index (χ1n) is 6.19. The first kappa shape index (κ1) is 14.3. The minimum Gasteiger partial charge on any atom is -0.489 e. The Balaban J connectivity index is 2.03. The van der Waals surface area contributed by atoms with Crippen LogP contribution in [-0.2, 0) is 11.3 Å². The molecule has 20 heavy (non-hydrogen) atoms. The molecule has 0 amide bonds. The standard InChI is InChI=1S/C15H14ClNO3/c1-2-19-15(18)14-8-11(6-7-17-14)10-20-13-5-3-4-12(16)9-13/h3-9H,2,10H2,1H3. The van der Waals surface area contributed by atoms with Gasteiger partial charge in [-0.2, -0.15) is 0 Å². The number of carbonyl (C=O) groups is 1. The Morgan fingerprint density at radius 3 is 2.90 bits per heavy atom. The minimum absolute atomic E-state index is 0.277. The van der Waals surface area contributed by atoms with Crippen molar-refractivity contribution in [2.24, 2.45) is 0 Å². The Bertz CT molecular complexity index is 601. The van der Waals surface area contributed by atoms with Crippen molar-refractivity contribution in [3.63, 3.8) is 0 Å². The van der Waals surface area contributed by atoms with Crippen LogP contribution in [0.15, 0.2) is 42.6 Å². The highest BCUT2D eigenvalue weighted by atomic mass is 35.5. The summed E-state index contributed by atoms with van der Waals surface area (Å²) >= 11 is 5.88. The molecule has 0 saturated heterocycles. The van der Waals surface area contributed by atoms with Gasteiger partial charge >= 0.3 is 5.97 Å². The Labute approximate surface area is 122 Å². The monoisotopic (exact) mass is 291 g/mol. The highest BCUT2D eigenvalue weighted by Crippen LogP contribution is 2.18. The molecule has 0 atom stereocenters. The van der Waals surface area contributed by atoms with Gasteiger partial charge in [-0.15, -0.1) is 0 Å². The zero-order valence-corrected chi connectivity index (χ0v) is 11.8. The van der Waals surface area contributed by atoms with Crippen LogP contribution in [0.25, 0.3) is 0 Å². The second-order valence-electron chi connectivity index (χ2n) is 4.02. The Morgan fingerprint density at radius 2 is 2.15 bits per heavy atom. The molecular weight excluding hydrogens is 278 g/mol. The highest BCUT2D eigenvalue weighted by Gasteiger charge is 2.08. The lowest BCUT2D eigenvalue weighted by Gasteiger charge is -2.07. The summed E-state index contributed by atoms with van der Waals surface area (Å²) in [6.45, 7) is 2.41. The summed E-state index contributed by atoms with van der Waals surface area (Å²) in [6, 6.07) is 10.6. The molecule has 0 aliphatic heterocycles.